The quantitative estimate of drug-likeness (QED) is 0.317. The Bertz CT molecular complexity index is 387. The molecule has 0 amide bonds. The molecular weight excluding hydrogens is 364 g/mol. The van der Waals surface area contributed by atoms with Gasteiger partial charge in [-0.1, -0.05) is 67.2 Å². The van der Waals surface area contributed by atoms with E-state index in [4.69, 9.17) is 0 Å². The van der Waals surface area contributed by atoms with Gasteiger partial charge in [0.05, 0.1) is 0 Å². The van der Waals surface area contributed by atoms with E-state index in [1.807, 2.05) is 0 Å². The van der Waals surface area contributed by atoms with Crippen LogP contribution in [-0.2, 0) is 0 Å². The summed E-state index contributed by atoms with van der Waals surface area (Å²) in [7, 11) is 0. The summed E-state index contributed by atoms with van der Waals surface area (Å²) < 4.78 is 0. The fourth-order valence-corrected chi connectivity index (χ4v) is 5.45. The lowest BCUT2D eigenvalue weighted by Gasteiger charge is -2.35. The fourth-order valence-electron chi connectivity index (χ4n) is 5.45. The average Bonchev–Trinajstić information content (AvgIpc) is 2.67. The topological polar surface area (TPSA) is 6.48 Å². The molecule has 0 aromatic rings. The van der Waals surface area contributed by atoms with E-state index in [2.05, 4.69) is 51.3 Å². The number of rotatable bonds is 11. The van der Waals surface area contributed by atoms with E-state index < -0.39 is 0 Å². The number of nitrogens with zero attached hydrogens (tertiary/aromatic N) is 2. The average molecular weight is 421 g/mol. The van der Waals surface area contributed by atoms with Gasteiger partial charge in [-0.2, -0.15) is 0 Å². The highest BCUT2D eigenvalue weighted by Gasteiger charge is 2.23. The van der Waals surface area contributed by atoms with Crippen molar-refractivity contribution in [3.8, 4) is 0 Å². The summed E-state index contributed by atoms with van der Waals surface area (Å²) in [5.41, 5.74) is 1.02. The minimum absolute atomic E-state index is 0.509. The molecule has 0 aromatic heterocycles. The second kappa shape index (κ2) is 12.8. The molecule has 2 aliphatic rings. The standard InChI is InChI=1S/C28H56N2/c1-27(2,3)17-7-9-19-29-21-13-25(14-22-29)11-12-26-15-23-30(24-16-26)20-10-8-18-28(4,5)6/h25-26H,7-24H2,1-6H3. The van der Waals surface area contributed by atoms with E-state index in [9.17, 15) is 0 Å². The first-order chi connectivity index (χ1) is 14.1. The Hall–Kier alpha value is -0.0800. The Balaban J connectivity index is 1.47. The highest BCUT2D eigenvalue weighted by atomic mass is 15.1. The lowest BCUT2D eigenvalue weighted by atomic mass is 9.85. The van der Waals surface area contributed by atoms with E-state index in [1.165, 1.54) is 116 Å². The molecule has 2 rings (SSSR count). The van der Waals surface area contributed by atoms with Crippen LogP contribution < -0.4 is 0 Å². The number of unbranched alkanes of at least 4 members (excludes halogenated alkanes) is 2. The second-order valence-electron chi connectivity index (χ2n) is 13.2. The summed E-state index contributed by atoms with van der Waals surface area (Å²) in [5.74, 6) is 2.04. The highest BCUT2D eigenvalue weighted by Crippen LogP contribution is 2.29. The lowest BCUT2D eigenvalue weighted by Crippen LogP contribution is -2.36. The summed E-state index contributed by atoms with van der Waals surface area (Å²) in [5, 5.41) is 0. The molecular formula is C28H56N2. The van der Waals surface area contributed by atoms with Gasteiger partial charge < -0.3 is 9.80 Å². The molecule has 2 heteroatoms. The van der Waals surface area contributed by atoms with Gasteiger partial charge >= 0.3 is 0 Å². The largest absolute Gasteiger partial charge is 0.303 e. The Labute approximate surface area is 190 Å². The molecule has 0 aromatic carbocycles. The van der Waals surface area contributed by atoms with Crippen molar-refractivity contribution < 1.29 is 0 Å². The predicted molar refractivity (Wildman–Crippen MR) is 134 cm³/mol. The van der Waals surface area contributed by atoms with Gasteiger partial charge in [0.15, 0.2) is 0 Å². The van der Waals surface area contributed by atoms with Crippen molar-refractivity contribution in [2.75, 3.05) is 39.3 Å². The van der Waals surface area contributed by atoms with Crippen molar-refractivity contribution in [3.63, 3.8) is 0 Å². The predicted octanol–water partition coefficient (Wildman–Crippen LogP) is 7.62. The van der Waals surface area contributed by atoms with Crippen LogP contribution in [0.4, 0.5) is 0 Å². The molecule has 2 nitrogen and oxygen atoms in total. The van der Waals surface area contributed by atoms with Gasteiger partial charge in [-0.15, -0.1) is 0 Å². The Morgan fingerprint density at radius 1 is 0.533 bits per heavy atom. The number of likely N-dealkylation sites (tertiary alicyclic amines) is 2. The van der Waals surface area contributed by atoms with Gasteiger partial charge in [-0.05, 0) is 113 Å². The summed E-state index contributed by atoms with van der Waals surface area (Å²) in [6.45, 7) is 22.4. The van der Waals surface area contributed by atoms with Crippen molar-refractivity contribution in [1.82, 2.24) is 9.80 Å². The zero-order valence-corrected chi connectivity index (χ0v) is 21.8. The number of piperidine rings is 2. The number of hydrogen-bond acceptors (Lipinski definition) is 2. The van der Waals surface area contributed by atoms with E-state index >= 15 is 0 Å². The van der Waals surface area contributed by atoms with Crippen LogP contribution >= 0.6 is 0 Å². The van der Waals surface area contributed by atoms with Gasteiger partial charge in [0, 0.05) is 0 Å². The molecule has 0 spiro atoms. The lowest BCUT2D eigenvalue weighted by molar-refractivity contribution is 0.148. The van der Waals surface area contributed by atoms with Crippen molar-refractivity contribution >= 4 is 0 Å². The van der Waals surface area contributed by atoms with Crippen LogP contribution in [0.25, 0.3) is 0 Å². The summed E-state index contributed by atoms with van der Waals surface area (Å²) >= 11 is 0. The van der Waals surface area contributed by atoms with Gasteiger partial charge in [0.2, 0.25) is 0 Å². The molecule has 0 unspecified atom stereocenters. The molecule has 2 saturated heterocycles. The first-order valence-electron chi connectivity index (χ1n) is 13.6. The molecule has 2 heterocycles. The minimum Gasteiger partial charge on any atom is -0.303 e. The first kappa shape index (κ1) is 26.2. The Kier molecular flexibility index (Phi) is 11.2. The van der Waals surface area contributed by atoms with E-state index in [0.29, 0.717) is 10.8 Å². The monoisotopic (exact) mass is 420 g/mol. The normalized spacial score (nSPS) is 21.4. The Morgan fingerprint density at radius 2 is 0.867 bits per heavy atom. The third kappa shape index (κ3) is 12.1. The third-order valence-electron chi connectivity index (χ3n) is 7.70. The van der Waals surface area contributed by atoms with Gasteiger partial charge in [0.25, 0.3) is 0 Å². The minimum atomic E-state index is 0.509. The van der Waals surface area contributed by atoms with E-state index in [1.54, 1.807) is 0 Å². The molecule has 0 atom stereocenters. The maximum atomic E-state index is 2.75. The highest BCUT2D eigenvalue weighted by molar-refractivity contribution is 4.77. The number of hydrogen-bond donors (Lipinski definition) is 0. The summed E-state index contributed by atoms with van der Waals surface area (Å²) in [6, 6.07) is 0. The molecule has 2 aliphatic heterocycles. The molecule has 2 fully saturated rings. The van der Waals surface area contributed by atoms with Crippen molar-refractivity contribution in [2.24, 2.45) is 22.7 Å². The molecule has 0 bridgehead atoms. The van der Waals surface area contributed by atoms with Crippen LogP contribution in [0.15, 0.2) is 0 Å². The van der Waals surface area contributed by atoms with E-state index in [-0.39, 0.29) is 0 Å². The third-order valence-corrected chi connectivity index (χ3v) is 7.70. The van der Waals surface area contributed by atoms with Crippen LogP contribution in [0.2, 0.25) is 0 Å². The van der Waals surface area contributed by atoms with Crippen molar-refractivity contribution in [1.29, 1.82) is 0 Å². The Morgan fingerprint density at radius 3 is 1.17 bits per heavy atom. The maximum Gasteiger partial charge on any atom is -0.00161 e. The molecule has 178 valence electrons. The molecule has 0 saturated carbocycles. The molecule has 30 heavy (non-hydrogen) atoms. The smallest absolute Gasteiger partial charge is 0.00161 e. The van der Waals surface area contributed by atoms with E-state index in [0.717, 1.165) is 11.8 Å². The van der Waals surface area contributed by atoms with Crippen LogP contribution in [0.3, 0.4) is 0 Å². The SMILES string of the molecule is CC(C)(C)CCCCN1CCC(CCC2CCN(CCCCC(C)(C)C)CC2)CC1. The van der Waals surface area contributed by atoms with Crippen LogP contribution in [0.5, 0.6) is 0 Å². The fraction of sp³-hybridized carbons (Fsp3) is 1.00. The van der Waals surface area contributed by atoms with Crippen LogP contribution in [0, 0.1) is 22.7 Å². The second-order valence-corrected chi connectivity index (χ2v) is 13.2. The zero-order chi connectivity index (χ0) is 22.0. The molecule has 0 aliphatic carbocycles. The van der Waals surface area contributed by atoms with Crippen molar-refractivity contribution in [3.05, 3.63) is 0 Å². The summed E-state index contributed by atoms with van der Waals surface area (Å²) in [4.78, 5) is 5.49. The zero-order valence-electron chi connectivity index (χ0n) is 21.8. The van der Waals surface area contributed by atoms with Crippen LogP contribution in [-0.4, -0.2) is 49.1 Å². The molecule has 0 N–H and O–H groups in total. The first-order valence-corrected chi connectivity index (χ1v) is 13.6. The van der Waals surface area contributed by atoms with Gasteiger partial charge in [0.1, 0.15) is 0 Å². The van der Waals surface area contributed by atoms with Crippen molar-refractivity contribution in [2.45, 2.75) is 119 Å². The van der Waals surface area contributed by atoms with Gasteiger partial charge in [-0.25, -0.2) is 0 Å². The molecule has 0 radical (unpaired) electrons. The van der Waals surface area contributed by atoms with Crippen LogP contribution in [0.1, 0.15) is 119 Å². The van der Waals surface area contributed by atoms with Gasteiger partial charge in [-0.3, -0.25) is 0 Å². The summed E-state index contributed by atoms with van der Waals surface area (Å²) in [6.07, 6.45) is 17.2. The maximum absolute atomic E-state index is 2.75.